The van der Waals surface area contributed by atoms with Crippen molar-refractivity contribution in [2.45, 2.75) is 20.4 Å². The highest BCUT2D eigenvalue weighted by Gasteiger charge is 2.12. The van der Waals surface area contributed by atoms with E-state index < -0.39 is 0 Å². The summed E-state index contributed by atoms with van der Waals surface area (Å²) in [6.45, 7) is 4.78. The molecule has 21 heavy (non-hydrogen) atoms. The Morgan fingerprint density at radius 2 is 2.24 bits per heavy atom. The summed E-state index contributed by atoms with van der Waals surface area (Å²) in [5, 5.41) is 3.08. The molecular formula is C15H19N3O2S. The summed E-state index contributed by atoms with van der Waals surface area (Å²) < 4.78 is 4.96. The summed E-state index contributed by atoms with van der Waals surface area (Å²) >= 11 is 1.63. The van der Waals surface area contributed by atoms with Crippen LogP contribution in [0.25, 0.3) is 0 Å². The van der Waals surface area contributed by atoms with E-state index in [1.807, 2.05) is 30.3 Å². The molecule has 2 N–H and O–H groups in total. The van der Waals surface area contributed by atoms with Crippen LogP contribution < -0.4 is 10.6 Å². The number of carbonyl (C=O) groups is 1. The van der Waals surface area contributed by atoms with Crippen molar-refractivity contribution >= 4 is 28.7 Å². The zero-order valence-corrected chi connectivity index (χ0v) is 13.2. The summed E-state index contributed by atoms with van der Waals surface area (Å²) in [6.07, 6.45) is 0. The van der Waals surface area contributed by atoms with E-state index in [-0.39, 0.29) is 5.97 Å². The first-order valence-corrected chi connectivity index (χ1v) is 7.58. The maximum atomic E-state index is 11.7. The van der Waals surface area contributed by atoms with E-state index >= 15 is 0 Å². The molecule has 112 valence electrons. The average molecular weight is 305 g/mol. The number of anilines is 2. The molecular weight excluding hydrogens is 286 g/mol. The fraction of sp³-hybridized carbons (Fsp3) is 0.333. The van der Waals surface area contributed by atoms with Gasteiger partial charge >= 0.3 is 5.97 Å². The molecule has 5 nitrogen and oxygen atoms in total. The average Bonchev–Trinajstić information content (AvgIpc) is 2.84. The summed E-state index contributed by atoms with van der Waals surface area (Å²) in [4.78, 5) is 18.1. The standard InChI is InChI=1S/C15H19N3O2S/c1-4-20-15(19)11-5-6-14(13(16)7-11)18(3)8-12-9-21-10(2)17-12/h5-7,9H,4,8,16H2,1-3H3. The monoisotopic (exact) mass is 305 g/mol. The van der Waals surface area contributed by atoms with Crippen molar-refractivity contribution in [3.05, 3.63) is 39.8 Å². The van der Waals surface area contributed by atoms with E-state index in [0.29, 0.717) is 24.4 Å². The van der Waals surface area contributed by atoms with Gasteiger partial charge in [0.05, 0.1) is 40.8 Å². The van der Waals surface area contributed by atoms with Gasteiger partial charge in [0.1, 0.15) is 0 Å². The molecule has 1 aromatic carbocycles. The van der Waals surface area contributed by atoms with Crippen LogP contribution in [0.2, 0.25) is 0 Å². The molecule has 0 atom stereocenters. The van der Waals surface area contributed by atoms with Gasteiger partial charge in [0.15, 0.2) is 0 Å². The van der Waals surface area contributed by atoms with E-state index in [4.69, 9.17) is 10.5 Å². The first-order valence-electron chi connectivity index (χ1n) is 6.70. The van der Waals surface area contributed by atoms with Crippen LogP contribution in [-0.2, 0) is 11.3 Å². The van der Waals surface area contributed by atoms with Crippen molar-refractivity contribution in [1.82, 2.24) is 4.98 Å². The molecule has 0 aliphatic heterocycles. The zero-order valence-electron chi connectivity index (χ0n) is 12.4. The summed E-state index contributed by atoms with van der Waals surface area (Å²) in [7, 11) is 1.95. The van der Waals surface area contributed by atoms with Crippen molar-refractivity contribution in [3.63, 3.8) is 0 Å². The third kappa shape index (κ3) is 3.72. The van der Waals surface area contributed by atoms with Gasteiger partial charge in [-0.15, -0.1) is 11.3 Å². The minimum Gasteiger partial charge on any atom is -0.462 e. The molecule has 1 heterocycles. The molecule has 0 fully saturated rings. The van der Waals surface area contributed by atoms with Crippen LogP contribution in [0.4, 0.5) is 11.4 Å². The Labute approximate surface area is 128 Å². The number of thiazole rings is 1. The number of aromatic nitrogens is 1. The predicted octanol–water partition coefficient (Wildman–Crippen LogP) is 2.85. The molecule has 0 saturated carbocycles. The molecule has 6 heteroatoms. The second-order valence-electron chi connectivity index (χ2n) is 4.71. The molecule has 0 aliphatic carbocycles. The number of esters is 1. The van der Waals surface area contributed by atoms with Crippen LogP contribution >= 0.6 is 11.3 Å². The van der Waals surface area contributed by atoms with E-state index in [0.717, 1.165) is 16.4 Å². The lowest BCUT2D eigenvalue weighted by molar-refractivity contribution is 0.0526. The van der Waals surface area contributed by atoms with Crippen LogP contribution in [0.15, 0.2) is 23.6 Å². The van der Waals surface area contributed by atoms with E-state index in [1.54, 1.807) is 30.4 Å². The highest BCUT2D eigenvalue weighted by molar-refractivity contribution is 7.09. The highest BCUT2D eigenvalue weighted by Crippen LogP contribution is 2.25. The second-order valence-corrected chi connectivity index (χ2v) is 5.77. The first-order chi connectivity index (χ1) is 10.0. The van der Waals surface area contributed by atoms with E-state index in [2.05, 4.69) is 4.98 Å². The highest BCUT2D eigenvalue weighted by atomic mass is 32.1. The first kappa shape index (κ1) is 15.3. The lowest BCUT2D eigenvalue weighted by Crippen LogP contribution is -2.18. The van der Waals surface area contributed by atoms with Crippen LogP contribution in [0.1, 0.15) is 28.0 Å². The fourth-order valence-corrected chi connectivity index (χ4v) is 2.66. The number of ether oxygens (including phenoxy) is 1. The number of benzene rings is 1. The van der Waals surface area contributed by atoms with Crippen molar-refractivity contribution in [2.24, 2.45) is 0 Å². The number of nitrogens with two attached hydrogens (primary N) is 1. The summed E-state index contributed by atoms with van der Waals surface area (Å²) in [6, 6.07) is 5.21. The lowest BCUT2D eigenvalue weighted by Gasteiger charge is -2.20. The van der Waals surface area contributed by atoms with Crippen LogP contribution in [0.5, 0.6) is 0 Å². The van der Waals surface area contributed by atoms with Gasteiger partial charge in [-0.25, -0.2) is 9.78 Å². The molecule has 0 amide bonds. The zero-order chi connectivity index (χ0) is 15.4. The fourth-order valence-electron chi connectivity index (χ4n) is 2.05. The third-order valence-corrected chi connectivity index (χ3v) is 3.84. The van der Waals surface area contributed by atoms with Crippen LogP contribution in [0, 0.1) is 6.92 Å². The van der Waals surface area contributed by atoms with E-state index in [1.165, 1.54) is 0 Å². The minimum absolute atomic E-state index is 0.351. The Morgan fingerprint density at radius 3 is 2.81 bits per heavy atom. The summed E-state index contributed by atoms with van der Waals surface area (Å²) in [5.74, 6) is -0.353. The number of rotatable bonds is 5. The van der Waals surface area contributed by atoms with Crippen LogP contribution in [0.3, 0.4) is 0 Å². The topological polar surface area (TPSA) is 68.5 Å². The van der Waals surface area contributed by atoms with Gasteiger partial charge in [0, 0.05) is 12.4 Å². The number of carbonyl (C=O) groups excluding carboxylic acids is 1. The van der Waals surface area contributed by atoms with Gasteiger partial charge in [-0.3, -0.25) is 0 Å². The van der Waals surface area contributed by atoms with Crippen molar-refractivity contribution in [2.75, 3.05) is 24.3 Å². The molecule has 0 aliphatic rings. The molecule has 0 unspecified atom stereocenters. The third-order valence-electron chi connectivity index (χ3n) is 3.02. The summed E-state index contributed by atoms with van der Waals surface area (Å²) in [5.41, 5.74) is 8.94. The maximum absolute atomic E-state index is 11.7. The van der Waals surface area contributed by atoms with E-state index in [9.17, 15) is 4.79 Å². The second kappa shape index (κ2) is 6.58. The van der Waals surface area contributed by atoms with Crippen molar-refractivity contribution in [1.29, 1.82) is 0 Å². The molecule has 2 rings (SSSR count). The number of hydrogen-bond donors (Lipinski definition) is 1. The van der Waals surface area contributed by atoms with Gasteiger partial charge in [-0.05, 0) is 32.0 Å². The Kier molecular flexibility index (Phi) is 4.80. The lowest BCUT2D eigenvalue weighted by atomic mass is 10.1. The Bertz CT molecular complexity index is 640. The Balaban J connectivity index is 2.14. The maximum Gasteiger partial charge on any atom is 0.338 e. The minimum atomic E-state index is -0.353. The van der Waals surface area contributed by atoms with Gasteiger partial charge in [0.25, 0.3) is 0 Å². The van der Waals surface area contributed by atoms with Gasteiger partial charge < -0.3 is 15.4 Å². The number of aryl methyl sites for hydroxylation is 1. The van der Waals surface area contributed by atoms with Crippen molar-refractivity contribution < 1.29 is 9.53 Å². The van der Waals surface area contributed by atoms with Crippen molar-refractivity contribution in [3.8, 4) is 0 Å². The normalized spacial score (nSPS) is 10.4. The Morgan fingerprint density at radius 1 is 1.48 bits per heavy atom. The smallest absolute Gasteiger partial charge is 0.338 e. The largest absolute Gasteiger partial charge is 0.462 e. The molecule has 2 aromatic rings. The quantitative estimate of drug-likeness (QED) is 0.679. The predicted molar refractivity (Wildman–Crippen MR) is 85.8 cm³/mol. The Hall–Kier alpha value is -2.08. The molecule has 0 spiro atoms. The SMILES string of the molecule is CCOC(=O)c1ccc(N(C)Cc2csc(C)n2)c(N)c1. The molecule has 0 saturated heterocycles. The van der Waals surface area contributed by atoms with Gasteiger partial charge in [0.2, 0.25) is 0 Å². The molecule has 0 bridgehead atoms. The van der Waals surface area contributed by atoms with Gasteiger partial charge in [-0.1, -0.05) is 0 Å². The molecule has 0 radical (unpaired) electrons. The number of hydrogen-bond acceptors (Lipinski definition) is 6. The number of nitrogen functional groups attached to an aromatic ring is 1. The van der Waals surface area contributed by atoms with Crippen LogP contribution in [-0.4, -0.2) is 24.6 Å². The molecule has 1 aromatic heterocycles. The van der Waals surface area contributed by atoms with Gasteiger partial charge in [-0.2, -0.15) is 0 Å². The number of nitrogens with zero attached hydrogens (tertiary/aromatic N) is 2.